The Morgan fingerprint density at radius 3 is 2.26 bits per heavy atom. The lowest BCUT2D eigenvalue weighted by molar-refractivity contribution is -0.174. The summed E-state index contributed by atoms with van der Waals surface area (Å²) in [5.74, 6) is -2.00. The standard InChI is InChI=1S/C11H17F3N2O3/c1-10(2,3)19-9(18)16-5-4-7(16)6-15-8(17)11(12,13)14/h7H,4-6H2,1-3H3,(H,15,17)/t7-/m0/s1. The van der Waals surface area contributed by atoms with Crippen LogP contribution in [-0.4, -0.2) is 47.8 Å². The Bertz CT molecular complexity index is 363. The van der Waals surface area contributed by atoms with Crippen molar-refractivity contribution in [2.75, 3.05) is 13.1 Å². The average Bonchev–Trinajstić information content (AvgIpc) is 2.10. The molecule has 0 aromatic rings. The summed E-state index contributed by atoms with van der Waals surface area (Å²) < 4.78 is 41.0. The number of hydrogen-bond acceptors (Lipinski definition) is 3. The van der Waals surface area contributed by atoms with Crippen LogP contribution in [0.3, 0.4) is 0 Å². The van der Waals surface area contributed by atoms with Crippen molar-refractivity contribution in [3.05, 3.63) is 0 Å². The molecule has 0 spiro atoms. The van der Waals surface area contributed by atoms with Crippen molar-refractivity contribution in [2.24, 2.45) is 0 Å². The zero-order chi connectivity index (χ0) is 14.8. The van der Waals surface area contributed by atoms with Gasteiger partial charge in [-0.25, -0.2) is 4.79 Å². The third-order valence-corrected chi connectivity index (χ3v) is 2.53. The van der Waals surface area contributed by atoms with Crippen molar-refractivity contribution in [2.45, 2.75) is 45.0 Å². The molecule has 0 aliphatic carbocycles. The van der Waals surface area contributed by atoms with Gasteiger partial charge in [0.1, 0.15) is 5.60 Å². The molecule has 1 aliphatic rings. The van der Waals surface area contributed by atoms with Gasteiger partial charge in [0.05, 0.1) is 6.04 Å². The van der Waals surface area contributed by atoms with Crippen LogP contribution in [0, 0.1) is 0 Å². The first kappa shape index (κ1) is 15.6. The van der Waals surface area contributed by atoms with Gasteiger partial charge in [0, 0.05) is 13.1 Å². The summed E-state index contributed by atoms with van der Waals surface area (Å²) >= 11 is 0. The lowest BCUT2D eigenvalue weighted by atomic mass is 10.0. The van der Waals surface area contributed by atoms with Crippen LogP contribution in [0.1, 0.15) is 27.2 Å². The highest BCUT2D eigenvalue weighted by Crippen LogP contribution is 2.21. The number of nitrogens with one attached hydrogen (secondary N) is 1. The fourth-order valence-electron chi connectivity index (χ4n) is 1.52. The Balaban J connectivity index is 2.41. The highest BCUT2D eigenvalue weighted by Gasteiger charge is 2.41. The van der Waals surface area contributed by atoms with E-state index in [0.717, 1.165) is 0 Å². The quantitative estimate of drug-likeness (QED) is 0.838. The SMILES string of the molecule is CC(C)(C)OC(=O)N1CC[C@H]1CNC(=O)C(F)(F)F. The molecule has 1 aliphatic heterocycles. The van der Waals surface area contributed by atoms with Crippen LogP contribution in [-0.2, 0) is 9.53 Å². The van der Waals surface area contributed by atoms with E-state index >= 15 is 0 Å². The van der Waals surface area contributed by atoms with E-state index in [9.17, 15) is 22.8 Å². The van der Waals surface area contributed by atoms with Crippen molar-refractivity contribution >= 4 is 12.0 Å². The van der Waals surface area contributed by atoms with Gasteiger partial charge in [-0.3, -0.25) is 4.79 Å². The van der Waals surface area contributed by atoms with Gasteiger partial charge < -0.3 is 15.0 Å². The Kier molecular flexibility index (Phi) is 4.32. The first-order valence-corrected chi connectivity index (χ1v) is 5.85. The molecule has 0 bridgehead atoms. The molecule has 5 nitrogen and oxygen atoms in total. The number of rotatable bonds is 2. The van der Waals surface area contributed by atoms with Crippen LogP contribution < -0.4 is 5.32 Å². The van der Waals surface area contributed by atoms with E-state index in [0.29, 0.717) is 13.0 Å². The topological polar surface area (TPSA) is 58.6 Å². The number of halogens is 3. The van der Waals surface area contributed by atoms with Crippen molar-refractivity contribution in [3.63, 3.8) is 0 Å². The largest absolute Gasteiger partial charge is 0.471 e. The minimum absolute atomic E-state index is 0.225. The molecule has 0 aromatic carbocycles. The van der Waals surface area contributed by atoms with Gasteiger partial charge in [-0.2, -0.15) is 13.2 Å². The number of likely N-dealkylation sites (tertiary alicyclic amines) is 1. The fraction of sp³-hybridized carbons (Fsp3) is 0.818. The average molecular weight is 282 g/mol. The maximum atomic E-state index is 12.0. The van der Waals surface area contributed by atoms with Crippen LogP contribution in [0.4, 0.5) is 18.0 Å². The molecule has 0 radical (unpaired) electrons. The van der Waals surface area contributed by atoms with E-state index in [1.807, 2.05) is 0 Å². The normalized spacial score (nSPS) is 19.7. The number of amides is 2. The van der Waals surface area contributed by atoms with Gasteiger partial charge in [-0.05, 0) is 27.2 Å². The van der Waals surface area contributed by atoms with Gasteiger partial charge in [0.25, 0.3) is 0 Å². The van der Waals surface area contributed by atoms with Crippen LogP contribution in [0.5, 0.6) is 0 Å². The van der Waals surface area contributed by atoms with Crippen molar-refractivity contribution in [1.82, 2.24) is 10.2 Å². The van der Waals surface area contributed by atoms with E-state index in [4.69, 9.17) is 4.74 Å². The predicted molar refractivity (Wildman–Crippen MR) is 60.4 cm³/mol. The molecule has 0 aromatic heterocycles. The molecule has 19 heavy (non-hydrogen) atoms. The summed E-state index contributed by atoms with van der Waals surface area (Å²) in [5, 5.41) is 1.76. The number of carbonyl (C=O) groups is 2. The minimum Gasteiger partial charge on any atom is -0.444 e. The third-order valence-electron chi connectivity index (χ3n) is 2.53. The van der Waals surface area contributed by atoms with E-state index in [1.54, 1.807) is 26.1 Å². The van der Waals surface area contributed by atoms with Crippen molar-refractivity contribution < 1.29 is 27.5 Å². The third kappa shape index (κ3) is 4.60. The molecule has 8 heteroatoms. The van der Waals surface area contributed by atoms with E-state index in [1.165, 1.54) is 4.90 Å². The Labute approximate surface area is 109 Å². The second-order valence-corrected chi connectivity index (χ2v) is 5.32. The molecular weight excluding hydrogens is 265 g/mol. The summed E-state index contributed by atoms with van der Waals surface area (Å²) in [6.07, 6.45) is -4.94. The number of alkyl halides is 3. The smallest absolute Gasteiger partial charge is 0.444 e. The molecule has 1 atom stereocenters. The molecule has 1 heterocycles. The minimum atomic E-state index is -4.90. The highest BCUT2D eigenvalue weighted by atomic mass is 19.4. The second-order valence-electron chi connectivity index (χ2n) is 5.32. The number of hydrogen-bond donors (Lipinski definition) is 1. The highest BCUT2D eigenvalue weighted by molar-refractivity contribution is 5.81. The lowest BCUT2D eigenvalue weighted by Crippen LogP contribution is -2.57. The molecule has 1 saturated heterocycles. The number of nitrogens with zero attached hydrogens (tertiary/aromatic N) is 1. The van der Waals surface area contributed by atoms with Crippen molar-refractivity contribution in [3.8, 4) is 0 Å². The van der Waals surface area contributed by atoms with Gasteiger partial charge in [0.15, 0.2) is 0 Å². The summed E-state index contributed by atoms with van der Waals surface area (Å²) in [6.45, 7) is 5.29. The second kappa shape index (κ2) is 5.26. The number of ether oxygens (including phenoxy) is 1. The van der Waals surface area contributed by atoms with Crippen molar-refractivity contribution in [1.29, 1.82) is 0 Å². The Morgan fingerprint density at radius 1 is 1.32 bits per heavy atom. The van der Waals surface area contributed by atoms with Gasteiger partial charge in [0.2, 0.25) is 0 Å². The molecule has 0 saturated carbocycles. The van der Waals surface area contributed by atoms with Crippen LogP contribution in [0.25, 0.3) is 0 Å². The molecule has 1 N–H and O–H groups in total. The Morgan fingerprint density at radius 2 is 1.89 bits per heavy atom. The summed E-state index contributed by atoms with van der Waals surface area (Å²) in [4.78, 5) is 23.6. The molecule has 1 rings (SSSR count). The van der Waals surface area contributed by atoms with Gasteiger partial charge in [-0.1, -0.05) is 0 Å². The van der Waals surface area contributed by atoms with Gasteiger partial charge >= 0.3 is 18.2 Å². The maximum absolute atomic E-state index is 12.0. The molecule has 1 fully saturated rings. The molecule has 0 unspecified atom stereocenters. The van der Waals surface area contributed by atoms with Gasteiger partial charge in [-0.15, -0.1) is 0 Å². The lowest BCUT2D eigenvalue weighted by Gasteiger charge is -2.41. The summed E-state index contributed by atoms with van der Waals surface area (Å²) in [6, 6.07) is -0.443. The summed E-state index contributed by atoms with van der Waals surface area (Å²) in [7, 11) is 0. The molecule has 110 valence electrons. The first-order chi connectivity index (χ1) is 8.50. The molecule has 2 amide bonds. The molecular formula is C11H17F3N2O3. The number of carbonyl (C=O) groups excluding carboxylic acids is 2. The van der Waals surface area contributed by atoms with E-state index in [-0.39, 0.29) is 6.54 Å². The van der Waals surface area contributed by atoms with E-state index in [2.05, 4.69) is 0 Å². The van der Waals surface area contributed by atoms with Crippen LogP contribution >= 0.6 is 0 Å². The maximum Gasteiger partial charge on any atom is 0.471 e. The summed E-state index contributed by atoms with van der Waals surface area (Å²) in [5.41, 5.74) is -0.660. The predicted octanol–water partition coefficient (Wildman–Crippen LogP) is 1.67. The van der Waals surface area contributed by atoms with Crippen LogP contribution in [0.2, 0.25) is 0 Å². The Hall–Kier alpha value is -1.47. The zero-order valence-electron chi connectivity index (χ0n) is 11.0. The van der Waals surface area contributed by atoms with E-state index < -0.39 is 29.8 Å². The fourth-order valence-corrected chi connectivity index (χ4v) is 1.52. The monoisotopic (exact) mass is 282 g/mol. The zero-order valence-corrected chi connectivity index (χ0v) is 11.0. The van der Waals surface area contributed by atoms with Crippen LogP contribution in [0.15, 0.2) is 0 Å². The first-order valence-electron chi connectivity index (χ1n) is 5.85.